The van der Waals surface area contributed by atoms with Crippen LogP contribution < -0.4 is 55.0 Å². The van der Waals surface area contributed by atoms with Gasteiger partial charge in [-0.2, -0.15) is 15.3 Å². The monoisotopic (exact) mass is 1610 g/mol. The average molecular weight is 1610 g/mol. The molecule has 6 aromatic carbocycles. The number of aldehydes is 1. The lowest BCUT2D eigenvalue weighted by Crippen LogP contribution is -2.52. The molecule has 0 radical (unpaired) electrons. The van der Waals surface area contributed by atoms with Crippen LogP contribution in [-0.2, 0) is 38.4 Å². The van der Waals surface area contributed by atoms with Gasteiger partial charge in [-0.1, -0.05) is 72.8 Å². The largest absolute Gasteiger partial charge is 0.490 e. The number of carbonyl (C=O) groups excluding carboxylic acids is 7. The number of nitrogens with one attached hydrogen (secondary N) is 5. The lowest BCUT2D eigenvalue weighted by Gasteiger charge is -2.24. The zero-order valence-electron chi connectivity index (χ0n) is 65.0. The second kappa shape index (κ2) is 38.7. The van der Waals surface area contributed by atoms with Crippen molar-refractivity contribution in [2.75, 3.05) is 39.6 Å². The summed E-state index contributed by atoms with van der Waals surface area (Å²) >= 11 is 0. The number of aliphatic hydroxyl groups excluding tert-OH is 1. The molecule has 2 aliphatic carbocycles. The Labute approximate surface area is 689 Å². The first-order valence-corrected chi connectivity index (χ1v) is 39.3. The molecular formula is C92H84N14O14. The van der Waals surface area contributed by atoms with E-state index in [1.54, 1.807) is 90.4 Å². The predicted octanol–water partition coefficient (Wildman–Crippen LogP) is 10.5. The molecule has 606 valence electrons. The lowest BCUT2D eigenvalue weighted by molar-refractivity contribution is -0.139. The van der Waals surface area contributed by atoms with Gasteiger partial charge in [-0.3, -0.25) is 28.8 Å². The van der Waals surface area contributed by atoms with E-state index in [-0.39, 0.29) is 41.9 Å². The first-order valence-electron chi connectivity index (χ1n) is 39.3. The van der Waals surface area contributed by atoms with Crippen LogP contribution in [0.3, 0.4) is 0 Å². The van der Waals surface area contributed by atoms with Gasteiger partial charge in [-0.25, -0.2) is 29.0 Å². The van der Waals surface area contributed by atoms with Crippen LogP contribution in [-0.4, -0.2) is 167 Å². The lowest BCUT2D eigenvalue weighted by atomic mass is 9.99. The maximum Gasteiger partial charge on any atom is 0.289 e. The van der Waals surface area contributed by atoms with Crippen molar-refractivity contribution in [3.05, 3.63) is 307 Å². The highest BCUT2D eigenvalue weighted by Crippen LogP contribution is 2.30. The SMILES string of the molecule is O=C(NC1CC1)C(=O)[C@@H]1Cc2ccc(cc2)OC/C=C/COc2cccc(c2)-c2ccn(n2)-c2ncccc2C(=O)N1.O=C1N[C@H](C(O)C(=O)NC2CC2)Cc2ccc(cc2)OC/C=C/COc2cccc(c2)-c2ccn(n2)-c2ncccc21.O=C[C@@H]1Cc2ccc(cc2)OC/C=C/COc2cccc(c2)-c2ccn(n2)-c2ncccc2C(=O)N1. The molecule has 2 saturated carbocycles. The molecule has 0 spiro atoms. The van der Waals surface area contributed by atoms with Crippen molar-refractivity contribution in [3.8, 4) is 85.7 Å². The number of hydrogen-bond donors (Lipinski definition) is 6. The molecule has 12 aromatic rings. The molecule has 1 unspecified atom stereocenters. The first kappa shape index (κ1) is 80.3. The van der Waals surface area contributed by atoms with Crippen LogP contribution in [0.4, 0.5) is 0 Å². The Hall–Kier alpha value is -14.9. The van der Waals surface area contributed by atoms with E-state index in [1.165, 1.54) is 9.36 Å². The third-order valence-corrected chi connectivity index (χ3v) is 19.7. The van der Waals surface area contributed by atoms with Gasteiger partial charge >= 0.3 is 0 Å². The molecule has 20 rings (SSSR count). The average Bonchev–Trinajstić information content (AvgIpc) is 1.66. The van der Waals surface area contributed by atoms with E-state index in [4.69, 9.17) is 28.4 Å². The van der Waals surface area contributed by atoms with Crippen molar-refractivity contribution in [1.29, 1.82) is 0 Å². The van der Waals surface area contributed by atoms with Crippen LogP contribution in [0, 0.1) is 0 Å². The summed E-state index contributed by atoms with van der Waals surface area (Å²) in [5, 5.41) is 39.1. The number of ketones is 1. The molecule has 4 atom stereocenters. The normalized spacial score (nSPS) is 17.7. The summed E-state index contributed by atoms with van der Waals surface area (Å²) in [7, 11) is 0. The van der Waals surface area contributed by atoms with Crippen molar-refractivity contribution >= 4 is 41.6 Å². The predicted molar refractivity (Wildman–Crippen MR) is 444 cm³/mol. The van der Waals surface area contributed by atoms with E-state index >= 15 is 0 Å². The second-order valence-corrected chi connectivity index (χ2v) is 28.6. The number of pyridine rings is 3. The Balaban J connectivity index is 0.000000141. The van der Waals surface area contributed by atoms with Crippen LogP contribution in [0.25, 0.3) is 51.2 Å². The molecule has 28 nitrogen and oxygen atoms in total. The summed E-state index contributed by atoms with van der Waals surface area (Å²) in [4.78, 5) is 104. The fraction of sp³-hybridized carbons (Fsp3) is 0.207. The highest BCUT2D eigenvalue weighted by molar-refractivity contribution is 6.38. The minimum absolute atomic E-state index is 0.00909. The number of aliphatic hydroxyl groups is 1. The summed E-state index contributed by atoms with van der Waals surface area (Å²) in [6.07, 6.45) is 24.7. The maximum atomic E-state index is 13.7. The maximum absolute atomic E-state index is 13.7. The van der Waals surface area contributed by atoms with Gasteiger partial charge in [-0.05, 0) is 219 Å². The van der Waals surface area contributed by atoms with E-state index in [0.29, 0.717) is 115 Å². The molecule has 6 aliphatic heterocycles. The topological polar surface area (TPSA) is 347 Å². The number of Topliss-reactive ketones (excluding diaryl/α,β-unsaturated/α-hetero) is 1. The fourth-order valence-electron chi connectivity index (χ4n) is 13.1. The van der Waals surface area contributed by atoms with Crippen molar-refractivity contribution in [3.63, 3.8) is 0 Å². The zero-order chi connectivity index (χ0) is 82.5. The molecule has 0 saturated heterocycles. The van der Waals surface area contributed by atoms with E-state index < -0.39 is 59.5 Å². The molecule has 12 heterocycles. The van der Waals surface area contributed by atoms with Crippen LogP contribution in [0.2, 0.25) is 0 Å². The zero-order valence-corrected chi connectivity index (χ0v) is 65.0. The standard InChI is InChI=1S/C32H31N5O5.C32H29N5O5.C28H24N4O4/c2*38-29(32(40)34-23-10-11-23)28-19-21-8-12-24(13-9-21)41-17-1-2-18-42-25-6-3-5-22(20-25)27-14-16-37(36-27)30-26(31(39)35-28)7-4-15-33-30;33-19-22-17-20-8-10-23(11-9-20)35-15-1-2-16-36-24-6-3-5-21(18-24)26-12-14-32(31-26)27-25(28(34)30-22)7-4-13-29-27/h1-9,12-16,20,23,28-29,38H,10-11,17-19H2,(H,34,40)(H,35,39);1-9,12-16,20,23,28H,10-11,17-19H2,(H,34,40)(H,35,39);1-14,18-19,22H,15-17H2,(H,30,34)/b3*2-1+/t28-,29?;28-;22-/m000/s1. The highest BCUT2D eigenvalue weighted by atomic mass is 16.5. The summed E-state index contributed by atoms with van der Waals surface area (Å²) in [5.41, 5.74) is 7.84. The van der Waals surface area contributed by atoms with Gasteiger partial charge in [0.05, 0.1) is 45.9 Å². The molecular weight excluding hydrogens is 1530 g/mol. The Morgan fingerprint density at radius 1 is 0.408 bits per heavy atom. The molecule has 6 N–H and O–H groups in total. The van der Waals surface area contributed by atoms with Crippen molar-refractivity contribution in [2.24, 2.45) is 0 Å². The smallest absolute Gasteiger partial charge is 0.289 e. The van der Waals surface area contributed by atoms with Gasteiger partial charge in [0.25, 0.3) is 29.5 Å². The van der Waals surface area contributed by atoms with Gasteiger partial charge in [0.2, 0.25) is 5.78 Å². The van der Waals surface area contributed by atoms with E-state index in [2.05, 4.69) is 56.8 Å². The Morgan fingerprint density at radius 3 is 1.16 bits per heavy atom. The minimum Gasteiger partial charge on any atom is -0.490 e. The number of rotatable bonds is 7. The molecule has 8 aliphatic rings. The fourth-order valence-corrected chi connectivity index (χ4v) is 13.1. The van der Waals surface area contributed by atoms with Crippen molar-refractivity contribution in [1.82, 2.24) is 70.9 Å². The number of nitrogens with zero attached hydrogens (tertiary/aromatic N) is 9. The van der Waals surface area contributed by atoms with Gasteiger partial charge in [-0.15, -0.1) is 0 Å². The molecule has 6 aromatic heterocycles. The van der Waals surface area contributed by atoms with Crippen LogP contribution >= 0.6 is 0 Å². The van der Waals surface area contributed by atoms with Crippen molar-refractivity contribution < 1.29 is 67.1 Å². The number of hydrogen-bond acceptors (Lipinski definition) is 20. The van der Waals surface area contributed by atoms with Crippen molar-refractivity contribution in [2.45, 2.75) is 81.3 Å². The van der Waals surface area contributed by atoms with E-state index in [0.717, 1.165) is 65.4 Å². The number of ether oxygens (including phenoxy) is 6. The molecule has 18 bridgehead atoms. The number of amides is 5. The quantitative estimate of drug-likeness (QED) is 0.0490. The molecule has 120 heavy (non-hydrogen) atoms. The third-order valence-electron chi connectivity index (χ3n) is 19.7. The van der Waals surface area contributed by atoms with Gasteiger partial charge in [0.15, 0.2) is 23.6 Å². The van der Waals surface area contributed by atoms with E-state index in [1.807, 2.05) is 188 Å². The Morgan fingerprint density at radius 2 is 0.767 bits per heavy atom. The second-order valence-electron chi connectivity index (χ2n) is 28.6. The first-order chi connectivity index (χ1) is 58.8. The van der Waals surface area contributed by atoms with Gasteiger partial charge in [0, 0.05) is 72.4 Å². The summed E-state index contributed by atoms with van der Waals surface area (Å²) < 4.78 is 39.6. The van der Waals surface area contributed by atoms with Crippen LogP contribution in [0.15, 0.2) is 274 Å². The highest BCUT2D eigenvalue weighted by Gasteiger charge is 2.35. The van der Waals surface area contributed by atoms with E-state index in [9.17, 15) is 38.7 Å². The number of carbonyl (C=O) groups is 7. The molecule has 28 heteroatoms. The number of aromatic nitrogens is 9. The third kappa shape index (κ3) is 21.4. The Kier molecular flexibility index (Phi) is 25.9. The minimum atomic E-state index is -1.45. The number of fused-ring (bicyclic) bond motifs is 27. The summed E-state index contributed by atoms with van der Waals surface area (Å²) in [5.74, 6) is 1.74. The van der Waals surface area contributed by atoms with Crippen LogP contribution in [0.5, 0.6) is 34.5 Å². The van der Waals surface area contributed by atoms with Gasteiger partial charge in [0.1, 0.15) is 86.5 Å². The Bertz CT molecular complexity index is 5740. The van der Waals surface area contributed by atoms with Crippen LogP contribution in [0.1, 0.15) is 73.4 Å². The summed E-state index contributed by atoms with van der Waals surface area (Å²) in [6.45, 7) is 2.28. The summed E-state index contributed by atoms with van der Waals surface area (Å²) in [6, 6.07) is 57.6. The number of benzene rings is 6. The molecule has 5 amide bonds. The van der Waals surface area contributed by atoms with Gasteiger partial charge < -0.3 is 64.9 Å². The molecule has 2 fully saturated rings.